The zero-order chi connectivity index (χ0) is 15.0. The molecule has 2 aromatic rings. The summed E-state index contributed by atoms with van der Waals surface area (Å²) in [6.45, 7) is 2.36. The predicted molar refractivity (Wildman–Crippen MR) is 81.2 cm³/mol. The van der Waals surface area contributed by atoms with Crippen LogP contribution in [0.15, 0.2) is 11.0 Å². The second-order valence-corrected chi connectivity index (χ2v) is 6.18. The van der Waals surface area contributed by atoms with Crippen LogP contribution < -0.4 is 16.1 Å². The lowest BCUT2D eigenvalue weighted by atomic mass is 9.99. The Morgan fingerprint density at radius 1 is 1.62 bits per heavy atom. The number of H-pyrrole nitrogens is 1. The fourth-order valence-corrected chi connectivity index (χ4v) is 3.63. The Kier molecular flexibility index (Phi) is 3.64. The van der Waals surface area contributed by atoms with Gasteiger partial charge in [-0.05, 0) is 25.3 Å². The Bertz CT molecular complexity index is 739. The number of carbonyl (C=O) groups is 1. The summed E-state index contributed by atoms with van der Waals surface area (Å²) in [5.41, 5.74) is 5.44. The average Bonchev–Trinajstić information content (AvgIpc) is 2.92. The number of pyridine rings is 1. The number of thiazole rings is 1. The van der Waals surface area contributed by atoms with Gasteiger partial charge in [-0.2, -0.15) is 0 Å². The molecule has 7 nitrogen and oxygen atoms in total. The van der Waals surface area contributed by atoms with Crippen molar-refractivity contribution in [2.45, 2.75) is 12.8 Å². The van der Waals surface area contributed by atoms with E-state index in [-0.39, 0.29) is 5.56 Å². The quantitative estimate of drug-likeness (QED) is 0.775. The third-order valence-corrected chi connectivity index (χ3v) is 4.89. The maximum Gasteiger partial charge on any atom is 0.341 e. The molecule has 2 aromatic heterocycles. The zero-order valence-electron chi connectivity index (χ0n) is 11.3. The van der Waals surface area contributed by atoms with Crippen LogP contribution in [0.4, 0.5) is 5.13 Å². The highest BCUT2D eigenvalue weighted by Gasteiger charge is 2.23. The third kappa shape index (κ3) is 2.52. The summed E-state index contributed by atoms with van der Waals surface area (Å²) in [7, 11) is 0. The van der Waals surface area contributed by atoms with Crippen molar-refractivity contribution in [3.8, 4) is 0 Å². The van der Waals surface area contributed by atoms with Crippen LogP contribution in [0, 0.1) is 5.92 Å². The van der Waals surface area contributed by atoms with Crippen molar-refractivity contribution in [1.29, 1.82) is 0 Å². The molecule has 0 radical (unpaired) electrons. The SMILES string of the molecule is NCC1CCCN(c2nc3[nH]cc(C(=O)O)c(=O)c3s2)C1. The Hall–Kier alpha value is -1.93. The molecule has 1 unspecified atom stereocenters. The van der Waals surface area contributed by atoms with E-state index in [1.165, 1.54) is 17.5 Å². The van der Waals surface area contributed by atoms with Gasteiger partial charge in [0.05, 0.1) is 0 Å². The highest BCUT2D eigenvalue weighted by Crippen LogP contribution is 2.29. The Labute approximate surface area is 124 Å². The minimum Gasteiger partial charge on any atom is -0.477 e. The van der Waals surface area contributed by atoms with E-state index in [0.29, 0.717) is 22.8 Å². The normalized spacial score (nSPS) is 19.1. The van der Waals surface area contributed by atoms with Gasteiger partial charge >= 0.3 is 5.97 Å². The average molecular weight is 308 g/mol. The van der Waals surface area contributed by atoms with Crippen molar-refractivity contribution in [2.75, 3.05) is 24.5 Å². The first-order valence-corrected chi connectivity index (χ1v) is 7.62. The summed E-state index contributed by atoms with van der Waals surface area (Å²) in [6.07, 6.45) is 3.36. The van der Waals surface area contributed by atoms with Crippen molar-refractivity contribution in [3.05, 3.63) is 22.0 Å². The molecule has 3 heterocycles. The van der Waals surface area contributed by atoms with Gasteiger partial charge in [0.15, 0.2) is 10.8 Å². The lowest BCUT2D eigenvalue weighted by Gasteiger charge is -2.31. The first kappa shape index (κ1) is 14.0. The zero-order valence-corrected chi connectivity index (χ0v) is 12.2. The van der Waals surface area contributed by atoms with Gasteiger partial charge in [-0.3, -0.25) is 4.79 Å². The van der Waals surface area contributed by atoms with Gasteiger partial charge in [0.1, 0.15) is 10.3 Å². The molecule has 1 aliphatic rings. The predicted octanol–water partition coefficient (Wildman–Crippen LogP) is 0.858. The van der Waals surface area contributed by atoms with Crippen LogP contribution in [0.1, 0.15) is 23.2 Å². The first-order chi connectivity index (χ1) is 10.1. The van der Waals surface area contributed by atoms with E-state index in [1.54, 1.807) is 0 Å². The lowest BCUT2D eigenvalue weighted by molar-refractivity contribution is 0.0695. The van der Waals surface area contributed by atoms with E-state index in [4.69, 9.17) is 10.8 Å². The second kappa shape index (κ2) is 5.45. The minimum absolute atomic E-state index is 0.254. The van der Waals surface area contributed by atoms with E-state index in [9.17, 15) is 9.59 Å². The van der Waals surface area contributed by atoms with Crippen molar-refractivity contribution in [2.24, 2.45) is 11.7 Å². The van der Waals surface area contributed by atoms with E-state index in [2.05, 4.69) is 14.9 Å². The van der Waals surface area contributed by atoms with Crippen molar-refractivity contribution in [1.82, 2.24) is 9.97 Å². The molecule has 4 N–H and O–H groups in total. The molecular weight excluding hydrogens is 292 g/mol. The Morgan fingerprint density at radius 2 is 2.43 bits per heavy atom. The van der Waals surface area contributed by atoms with Crippen LogP contribution in [0.25, 0.3) is 10.3 Å². The maximum absolute atomic E-state index is 12.1. The summed E-state index contributed by atoms with van der Waals surface area (Å²) in [5, 5.41) is 9.74. The number of nitrogens with two attached hydrogens (primary N) is 1. The number of aromatic nitrogens is 2. The van der Waals surface area contributed by atoms with Crippen LogP contribution in [0.2, 0.25) is 0 Å². The van der Waals surface area contributed by atoms with Gasteiger partial charge < -0.3 is 20.7 Å². The largest absolute Gasteiger partial charge is 0.477 e. The number of carboxylic acids is 1. The number of carboxylic acid groups (broad SMARTS) is 1. The van der Waals surface area contributed by atoms with Crippen LogP contribution in [0.3, 0.4) is 0 Å². The molecule has 0 saturated carbocycles. The van der Waals surface area contributed by atoms with Crippen molar-refractivity contribution in [3.63, 3.8) is 0 Å². The molecule has 1 saturated heterocycles. The van der Waals surface area contributed by atoms with E-state index in [1.807, 2.05) is 0 Å². The molecule has 1 aliphatic heterocycles. The van der Waals surface area contributed by atoms with Gasteiger partial charge in [-0.25, -0.2) is 9.78 Å². The van der Waals surface area contributed by atoms with E-state index >= 15 is 0 Å². The van der Waals surface area contributed by atoms with Gasteiger partial charge in [0.25, 0.3) is 0 Å². The molecule has 1 fully saturated rings. The first-order valence-electron chi connectivity index (χ1n) is 6.80. The number of rotatable bonds is 3. The second-order valence-electron chi connectivity index (χ2n) is 5.20. The van der Waals surface area contributed by atoms with Crippen LogP contribution in [-0.4, -0.2) is 40.7 Å². The van der Waals surface area contributed by atoms with E-state index < -0.39 is 11.4 Å². The Balaban J connectivity index is 1.99. The number of nitrogens with zero attached hydrogens (tertiary/aromatic N) is 2. The highest BCUT2D eigenvalue weighted by molar-refractivity contribution is 7.22. The minimum atomic E-state index is -1.23. The molecule has 0 amide bonds. The molecule has 0 aliphatic carbocycles. The number of hydrogen-bond acceptors (Lipinski definition) is 6. The summed E-state index contributed by atoms with van der Waals surface area (Å²) in [5.74, 6) is -0.787. The van der Waals surface area contributed by atoms with Crippen molar-refractivity contribution < 1.29 is 9.90 Å². The number of aromatic amines is 1. The summed E-state index contributed by atoms with van der Waals surface area (Å²) >= 11 is 1.24. The monoisotopic (exact) mass is 308 g/mol. The fraction of sp³-hybridized carbons (Fsp3) is 0.462. The molecule has 3 rings (SSSR count). The third-order valence-electron chi connectivity index (χ3n) is 3.77. The smallest absolute Gasteiger partial charge is 0.341 e. The molecule has 8 heteroatoms. The van der Waals surface area contributed by atoms with Gasteiger partial charge in [-0.15, -0.1) is 0 Å². The van der Waals surface area contributed by atoms with Crippen LogP contribution in [0.5, 0.6) is 0 Å². The molecule has 112 valence electrons. The van der Waals surface area contributed by atoms with Gasteiger partial charge in [-0.1, -0.05) is 11.3 Å². The number of piperidine rings is 1. The molecule has 1 atom stereocenters. The van der Waals surface area contributed by atoms with Gasteiger partial charge in [0.2, 0.25) is 5.43 Å². The van der Waals surface area contributed by atoms with Crippen molar-refractivity contribution >= 4 is 32.8 Å². The number of hydrogen-bond donors (Lipinski definition) is 3. The molecule has 0 spiro atoms. The number of aromatic carboxylic acids is 1. The maximum atomic E-state index is 12.1. The summed E-state index contributed by atoms with van der Waals surface area (Å²) < 4.78 is 0.361. The van der Waals surface area contributed by atoms with Gasteiger partial charge in [0, 0.05) is 19.3 Å². The van der Waals surface area contributed by atoms with Crippen LogP contribution >= 0.6 is 11.3 Å². The molecule has 0 bridgehead atoms. The topological polar surface area (TPSA) is 112 Å². The molecular formula is C13H16N4O3S. The fourth-order valence-electron chi connectivity index (χ4n) is 2.61. The number of fused-ring (bicyclic) bond motifs is 1. The molecule has 21 heavy (non-hydrogen) atoms. The van der Waals surface area contributed by atoms with Crippen LogP contribution in [-0.2, 0) is 0 Å². The van der Waals surface area contributed by atoms with E-state index in [0.717, 1.165) is 31.1 Å². The standard InChI is InChI=1S/C13H16N4O3S/c14-4-7-2-1-3-17(6-7)13-16-11-10(21-13)9(18)8(5-15-11)12(19)20/h5,7H,1-4,6,14H2,(H,15,18)(H,19,20). The Morgan fingerprint density at radius 3 is 3.14 bits per heavy atom. The lowest BCUT2D eigenvalue weighted by Crippen LogP contribution is -2.38. The highest BCUT2D eigenvalue weighted by atomic mass is 32.1. The summed E-state index contributed by atoms with van der Waals surface area (Å²) in [4.78, 5) is 32.5. The number of anilines is 1. The molecule has 0 aromatic carbocycles. The number of nitrogens with one attached hydrogen (secondary N) is 1. The summed E-state index contributed by atoms with van der Waals surface area (Å²) in [6, 6.07) is 0.